The molecule has 0 aliphatic carbocycles. The molecule has 0 bridgehead atoms. The maximum Gasteiger partial charge on any atom is 0.186 e. The van der Waals surface area contributed by atoms with Crippen molar-refractivity contribution in [3.05, 3.63) is 22.7 Å². The van der Waals surface area contributed by atoms with Crippen LogP contribution in [-0.2, 0) is 0 Å². The van der Waals surface area contributed by atoms with Crippen molar-refractivity contribution in [2.75, 3.05) is 18.0 Å². The second-order valence-electron chi connectivity index (χ2n) is 3.91. The SMILES string of the molecule is N#CCCN(CCC#N)c1nc2ccc(Br)cc2s1. The highest BCUT2D eigenvalue weighted by molar-refractivity contribution is 9.10. The van der Waals surface area contributed by atoms with Crippen molar-refractivity contribution in [1.82, 2.24) is 4.98 Å². The number of nitrogens with zero attached hydrogens (tertiary/aromatic N) is 4. The summed E-state index contributed by atoms with van der Waals surface area (Å²) in [4.78, 5) is 6.57. The van der Waals surface area contributed by atoms with Crippen molar-refractivity contribution >= 4 is 42.6 Å². The van der Waals surface area contributed by atoms with Gasteiger partial charge in [0.2, 0.25) is 0 Å². The van der Waals surface area contributed by atoms with Crippen molar-refractivity contribution < 1.29 is 0 Å². The van der Waals surface area contributed by atoms with Crippen LogP contribution in [0.15, 0.2) is 22.7 Å². The van der Waals surface area contributed by atoms with Crippen LogP contribution < -0.4 is 4.90 Å². The number of aromatic nitrogens is 1. The van der Waals surface area contributed by atoms with E-state index in [0.29, 0.717) is 25.9 Å². The zero-order chi connectivity index (χ0) is 13.7. The molecule has 0 saturated heterocycles. The van der Waals surface area contributed by atoms with Crippen LogP contribution >= 0.6 is 27.3 Å². The number of anilines is 1. The molecule has 0 unspecified atom stereocenters. The van der Waals surface area contributed by atoms with E-state index in [-0.39, 0.29) is 0 Å². The fourth-order valence-electron chi connectivity index (χ4n) is 1.69. The summed E-state index contributed by atoms with van der Waals surface area (Å²) in [5.74, 6) is 0. The van der Waals surface area contributed by atoms with E-state index in [1.165, 1.54) is 0 Å². The molecule has 96 valence electrons. The summed E-state index contributed by atoms with van der Waals surface area (Å²) < 4.78 is 2.12. The van der Waals surface area contributed by atoms with Gasteiger partial charge in [0, 0.05) is 17.6 Å². The van der Waals surface area contributed by atoms with E-state index in [1.54, 1.807) is 11.3 Å². The van der Waals surface area contributed by atoms with Gasteiger partial charge in [-0.05, 0) is 18.2 Å². The van der Waals surface area contributed by atoms with Gasteiger partial charge >= 0.3 is 0 Å². The molecule has 1 aromatic heterocycles. The van der Waals surface area contributed by atoms with Gasteiger partial charge in [-0.3, -0.25) is 0 Å². The Morgan fingerprint density at radius 2 is 1.89 bits per heavy atom. The summed E-state index contributed by atoms with van der Waals surface area (Å²) >= 11 is 5.03. The summed E-state index contributed by atoms with van der Waals surface area (Å²) in [6.07, 6.45) is 0.871. The molecule has 0 atom stereocenters. The highest BCUT2D eigenvalue weighted by Gasteiger charge is 2.12. The van der Waals surface area contributed by atoms with Crippen LogP contribution in [0.3, 0.4) is 0 Å². The number of hydrogen-bond donors (Lipinski definition) is 0. The fourth-order valence-corrected chi connectivity index (χ4v) is 3.26. The molecule has 6 heteroatoms. The molecule has 4 nitrogen and oxygen atoms in total. The van der Waals surface area contributed by atoms with Crippen LogP contribution in [0.25, 0.3) is 10.2 Å². The number of nitriles is 2. The van der Waals surface area contributed by atoms with Gasteiger partial charge in [-0.15, -0.1) is 0 Å². The lowest BCUT2D eigenvalue weighted by Gasteiger charge is -2.18. The summed E-state index contributed by atoms with van der Waals surface area (Å²) in [6.45, 7) is 1.22. The fraction of sp³-hybridized carbons (Fsp3) is 0.308. The molecular formula is C13H11BrN4S. The van der Waals surface area contributed by atoms with Crippen molar-refractivity contribution in [2.24, 2.45) is 0 Å². The lowest BCUT2D eigenvalue weighted by Crippen LogP contribution is -2.25. The molecule has 0 radical (unpaired) electrons. The smallest absolute Gasteiger partial charge is 0.186 e. The van der Waals surface area contributed by atoms with E-state index < -0.39 is 0 Å². The number of rotatable bonds is 5. The maximum absolute atomic E-state index is 8.70. The lowest BCUT2D eigenvalue weighted by atomic mass is 10.3. The van der Waals surface area contributed by atoms with E-state index in [9.17, 15) is 0 Å². The number of thiazole rings is 1. The standard InChI is InChI=1S/C13H11BrN4S/c14-10-3-4-11-12(9-10)19-13(17-11)18(7-1-5-15)8-2-6-16/h3-4,9H,1-2,7-8H2. The molecule has 0 spiro atoms. The van der Waals surface area contributed by atoms with Crippen LogP contribution in [0, 0.1) is 22.7 Å². The van der Waals surface area contributed by atoms with Crippen molar-refractivity contribution in [3.8, 4) is 12.1 Å². The summed E-state index contributed by atoms with van der Waals surface area (Å²) in [6, 6.07) is 10.2. The molecular weight excluding hydrogens is 324 g/mol. The third-order valence-electron chi connectivity index (χ3n) is 2.60. The topological polar surface area (TPSA) is 63.7 Å². The van der Waals surface area contributed by atoms with Crippen LogP contribution in [-0.4, -0.2) is 18.1 Å². The van der Waals surface area contributed by atoms with E-state index in [0.717, 1.165) is 19.8 Å². The third kappa shape index (κ3) is 3.44. The second kappa shape index (κ2) is 6.51. The molecule has 0 saturated carbocycles. The van der Waals surface area contributed by atoms with Crippen molar-refractivity contribution in [3.63, 3.8) is 0 Å². The largest absolute Gasteiger partial charge is 0.346 e. The zero-order valence-corrected chi connectivity index (χ0v) is 12.5. The van der Waals surface area contributed by atoms with E-state index in [1.807, 2.05) is 23.1 Å². The van der Waals surface area contributed by atoms with E-state index in [2.05, 4.69) is 33.1 Å². The molecule has 0 fully saturated rings. The third-order valence-corrected chi connectivity index (χ3v) is 4.17. The van der Waals surface area contributed by atoms with Gasteiger partial charge in [-0.2, -0.15) is 10.5 Å². The van der Waals surface area contributed by atoms with Crippen LogP contribution in [0.5, 0.6) is 0 Å². The first-order chi connectivity index (χ1) is 9.24. The molecule has 1 aromatic carbocycles. The Morgan fingerprint density at radius 1 is 1.21 bits per heavy atom. The molecule has 19 heavy (non-hydrogen) atoms. The average Bonchev–Trinajstić information content (AvgIpc) is 2.81. The molecule has 2 aromatic rings. The lowest BCUT2D eigenvalue weighted by molar-refractivity contribution is 0.794. The van der Waals surface area contributed by atoms with Crippen molar-refractivity contribution in [1.29, 1.82) is 10.5 Å². The predicted molar refractivity (Wildman–Crippen MR) is 80.0 cm³/mol. The first kappa shape index (κ1) is 13.8. The molecule has 2 rings (SSSR count). The Bertz CT molecular complexity index is 635. The zero-order valence-electron chi connectivity index (χ0n) is 10.1. The Hall–Kier alpha value is -1.63. The predicted octanol–water partition coefficient (Wildman–Crippen LogP) is 3.69. The van der Waals surface area contributed by atoms with Crippen LogP contribution in [0.4, 0.5) is 5.13 Å². The first-order valence-electron chi connectivity index (χ1n) is 5.79. The van der Waals surface area contributed by atoms with Crippen LogP contribution in [0.2, 0.25) is 0 Å². The number of benzene rings is 1. The van der Waals surface area contributed by atoms with E-state index >= 15 is 0 Å². The molecule has 1 heterocycles. The number of fused-ring (bicyclic) bond motifs is 1. The molecule has 0 aliphatic heterocycles. The minimum Gasteiger partial charge on any atom is -0.346 e. The van der Waals surface area contributed by atoms with Gasteiger partial charge in [0.25, 0.3) is 0 Å². The Kier molecular flexibility index (Phi) is 4.73. The van der Waals surface area contributed by atoms with Gasteiger partial charge in [-0.1, -0.05) is 27.3 Å². The second-order valence-corrected chi connectivity index (χ2v) is 5.84. The van der Waals surface area contributed by atoms with Gasteiger partial charge in [0.05, 0.1) is 35.2 Å². The minimum absolute atomic E-state index is 0.436. The average molecular weight is 335 g/mol. The minimum atomic E-state index is 0.436. The summed E-state index contributed by atoms with van der Waals surface area (Å²) in [7, 11) is 0. The number of halogens is 1. The first-order valence-corrected chi connectivity index (χ1v) is 7.40. The Balaban J connectivity index is 2.27. The highest BCUT2D eigenvalue weighted by atomic mass is 79.9. The normalized spacial score (nSPS) is 10.1. The van der Waals surface area contributed by atoms with E-state index in [4.69, 9.17) is 10.5 Å². The van der Waals surface area contributed by atoms with Gasteiger partial charge < -0.3 is 4.90 Å². The summed E-state index contributed by atoms with van der Waals surface area (Å²) in [5, 5.41) is 18.3. The monoisotopic (exact) mass is 334 g/mol. The van der Waals surface area contributed by atoms with Gasteiger partial charge in [0.1, 0.15) is 0 Å². The van der Waals surface area contributed by atoms with Gasteiger partial charge in [0.15, 0.2) is 5.13 Å². The van der Waals surface area contributed by atoms with Crippen molar-refractivity contribution in [2.45, 2.75) is 12.8 Å². The summed E-state index contributed by atoms with van der Waals surface area (Å²) in [5.41, 5.74) is 0.946. The van der Waals surface area contributed by atoms with Crippen LogP contribution in [0.1, 0.15) is 12.8 Å². The molecule has 0 amide bonds. The van der Waals surface area contributed by atoms with Gasteiger partial charge in [-0.25, -0.2) is 4.98 Å². The molecule has 0 N–H and O–H groups in total. The highest BCUT2D eigenvalue weighted by Crippen LogP contribution is 2.30. The Labute approximate surface area is 124 Å². The quantitative estimate of drug-likeness (QED) is 0.836. The maximum atomic E-state index is 8.70. The number of hydrogen-bond acceptors (Lipinski definition) is 5. The Morgan fingerprint density at radius 3 is 2.53 bits per heavy atom. The molecule has 0 aliphatic rings.